The standard InChI is InChI=1S/C17H20BNO5/c1-2-3-8-23-17(21)12-4-7-16(19-10-12)24-14-5-6-15(18-22)13(9-14)11-20/h4-7,9-10,18,20,22H,2-3,8,11H2,1H3. The summed E-state index contributed by atoms with van der Waals surface area (Å²) in [6.07, 6.45) is 3.19. The predicted octanol–water partition coefficient (Wildman–Crippen LogP) is 1.29. The van der Waals surface area contributed by atoms with Gasteiger partial charge in [0.05, 0.1) is 18.8 Å². The summed E-state index contributed by atoms with van der Waals surface area (Å²) < 4.78 is 10.7. The number of aromatic nitrogens is 1. The van der Waals surface area contributed by atoms with Crippen molar-refractivity contribution in [2.24, 2.45) is 0 Å². The van der Waals surface area contributed by atoms with Gasteiger partial charge in [-0.2, -0.15) is 0 Å². The minimum Gasteiger partial charge on any atom is -0.462 e. The number of ether oxygens (including phenoxy) is 2. The fourth-order valence-electron chi connectivity index (χ4n) is 2.04. The third-order valence-electron chi connectivity index (χ3n) is 3.44. The van der Waals surface area contributed by atoms with Crippen molar-refractivity contribution < 1.29 is 24.4 Å². The number of carbonyl (C=O) groups is 1. The zero-order valence-corrected chi connectivity index (χ0v) is 13.6. The Morgan fingerprint density at radius 2 is 2.12 bits per heavy atom. The molecule has 2 N–H and O–H groups in total. The Morgan fingerprint density at radius 3 is 2.75 bits per heavy atom. The van der Waals surface area contributed by atoms with E-state index in [9.17, 15) is 14.9 Å². The molecule has 0 aliphatic carbocycles. The Hall–Kier alpha value is -2.38. The van der Waals surface area contributed by atoms with E-state index in [4.69, 9.17) is 9.47 Å². The molecule has 1 aromatic heterocycles. The molecule has 1 heterocycles. The molecule has 0 aliphatic rings. The summed E-state index contributed by atoms with van der Waals surface area (Å²) in [7, 11) is -0.150. The van der Waals surface area contributed by atoms with E-state index in [0.29, 0.717) is 34.8 Å². The van der Waals surface area contributed by atoms with Gasteiger partial charge in [0.2, 0.25) is 5.88 Å². The molecule has 126 valence electrons. The largest absolute Gasteiger partial charge is 0.462 e. The first-order valence-electron chi connectivity index (χ1n) is 7.82. The number of esters is 1. The number of hydrogen-bond donors (Lipinski definition) is 2. The number of hydrogen-bond acceptors (Lipinski definition) is 6. The molecule has 0 unspecified atom stereocenters. The number of unbranched alkanes of at least 4 members (excludes halogenated alkanes) is 1. The van der Waals surface area contributed by atoms with E-state index in [1.165, 1.54) is 6.20 Å². The third kappa shape index (κ3) is 4.81. The minimum absolute atomic E-state index is 0.150. The topological polar surface area (TPSA) is 88.9 Å². The molecule has 0 radical (unpaired) electrons. The molecule has 0 bridgehead atoms. The molecule has 0 aliphatic heterocycles. The van der Waals surface area contributed by atoms with Gasteiger partial charge in [0.1, 0.15) is 5.75 Å². The van der Waals surface area contributed by atoms with Crippen molar-refractivity contribution in [3.63, 3.8) is 0 Å². The van der Waals surface area contributed by atoms with Crippen molar-refractivity contribution in [2.45, 2.75) is 26.4 Å². The second-order valence-corrected chi connectivity index (χ2v) is 5.22. The van der Waals surface area contributed by atoms with Crippen LogP contribution in [0.3, 0.4) is 0 Å². The average Bonchev–Trinajstić information content (AvgIpc) is 2.62. The van der Waals surface area contributed by atoms with Crippen LogP contribution < -0.4 is 10.2 Å². The summed E-state index contributed by atoms with van der Waals surface area (Å²) in [4.78, 5) is 15.9. The predicted molar refractivity (Wildman–Crippen MR) is 90.9 cm³/mol. The van der Waals surface area contributed by atoms with Gasteiger partial charge in [0.15, 0.2) is 0 Å². The Balaban J connectivity index is 2.02. The molecule has 2 rings (SSSR count). The number of aliphatic hydroxyl groups is 1. The van der Waals surface area contributed by atoms with Crippen LogP contribution in [0.4, 0.5) is 0 Å². The van der Waals surface area contributed by atoms with Crippen molar-refractivity contribution in [3.8, 4) is 11.6 Å². The Bertz CT molecular complexity index is 675. The van der Waals surface area contributed by atoms with Gasteiger partial charge in [-0.1, -0.05) is 19.4 Å². The van der Waals surface area contributed by atoms with Gasteiger partial charge < -0.3 is 19.6 Å². The Labute approximate surface area is 141 Å². The van der Waals surface area contributed by atoms with E-state index in [0.717, 1.165) is 12.8 Å². The van der Waals surface area contributed by atoms with Crippen LogP contribution in [-0.4, -0.2) is 35.2 Å². The summed E-state index contributed by atoms with van der Waals surface area (Å²) in [6.45, 7) is 2.23. The van der Waals surface area contributed by atoms with E-state index in [-0.39, 0.29) is 14.1 Å². The zero-order chi connectivity index (χ0) is 17.4. The average molecular weight is 329 g/mol. The van der Waals surface area contributed by atoms with E-state index >= 15 is 0 Å². The summed E-state index contributed by atoms with van der Waals surface area (Å²) >= 11 is 0. The second kappa shape index (κ2) is 9.05. The van der Waals surface area contributed by atoms with E-state index in [1.807, 2.05) is 6.92 Å². The molecule has 2 aromatic rings. The molecule has 0 fully saturated rings. The number of nitrogens with zero attached hydrogens (tertiary/aromatic N) is 1. The molecule has 0 saturated heterocycles. The summed E-state index contributed by atoms with van der Waals surface area (Å²) in [5.74, 6) is 0.403. The van der Waals surface area contributed by atoms with Crippen LogP contribution in [0, 0.1) is 0 Å². The maximum Gasteiger partial charge on any atom is 0.339 e. The van der Waals surface area contributed by atoms with Crippen molar-refractivity contribution in [3.05, 3.63) is 47.7 Å². The minimum atomic E-state index is -0.405. The molecule has 0 amide bonds. The normalized spacial score (nSPS) is 10.3. The quantitative estimate of drug-likeness (QED) is 0.431. The van der Waals surface area contributed by atoms with Gasteiger partial charge in [-0.25, -0.2) is 9.78 Å². The van der Waals surface area contributed by atoms with Crippen LogP contribution in [0.25, 0.3) is 0 Å². The number of carbonyl (C=O) groups excluding carboxylic acids is 1. The molecule has 0 saturated carbocycles. The van der Waals surface area contributed by atoms with Crippen LogP contribution in [0.15, 0.2) is 36.5 Å². The molecule has 6 nitrogen and oxygen atoms in total. The highest BCUT2D eigenvalue weighted by Crippen LogP contribution is 2.20. The lowest BCUT2D eigenvalue weighted by molar-refractivity contribution is 0.0499. The highest BCUT2D eigenvalue weighted by atomic mass is 16.5. The highest BCUT2D eigenvalue weighted by Gasteiger charge is 2.09. The Morgan fingerprint density at radius 1 is 1.29 bits per heavy atom. The molecule has 0 spiro atoms. The SMILES string of the molecule is CCCCOC(=O)c1ccc(Oc2ccc(BO)c(CO)c2)nc1. The fourth-order valence-corrected chi connectivity index (χ4v) is 2.04. The van der Waals surface area contributed by atoms with E-state index in [1.54, 1.807) is 30.3 Å². The monoisotopic (exact) mass is 329 g/mol. The molecule has 1 aromatic carbocycles. The molecular weight excluding hydrogens is 309 g/mol. The van der Waals surface area contributed by atoms with Crippen LogP contribution in [0.5, 0.6) is 11.6 Å². The van der Waals surface area contributed by atoms with Crippen LogP contribution in [-0.2, 0) is 11.3 Å². The first kappa shape index (κ1) is 18.0. The van der Waals surface area contributed by atoms with Crippen molar-refractivity contribution >= 4 is 18.9 Å². The lowest BCUT2D eigenvalue weighted by atomic mass is 9.84. The fraction of sp³-hybridized carbons (Fsp3) is 0.294. The van der Waals surface area contributed by atoms with Gasteiger partial charge in [-0.15, -0.1) is 0 Å². The number of aliphatic hydroxyl groups excluding tert-OH is 1. The lowest BCUT2D eigenvalue weighted by Crippen LogP contribution is -2.18. The van der Waals surface area contributed by atoms with Crippen molar-refractivity contribution in [2.75, 3.05) is 6.61 Å². The molecule has 0 atom stereocenters. The smallest absolute Gasteiger partial charge is 0.339 e. The van der Waals surface area contributed by atoms with Gasteiger partial charge in [-0.3, -0.25) is 0 Å². The summed E-state index contributed by atoms with van der Waals surface area (Å²) in [5.41, 5.74) is 1.60. The highest BCUT2D eigenvalue weighted by molar-refractivity contribution is 6.46. The molecular formula is C17H20BNO5. The van der Waals surface area contributed by atoms with Crippen LogP contribution in [0.2, 0.25) is 0 Å². The summed E-state index contributed by atoms with van der Waals surface area (Å²) in [5, 5.41) is 18.5. The Kier molecular flexibility index (Phi) is 6.78. The first-order chi connectivity index (χ1) is 11.7. The maximum atomic E-state index is 11.8. The first-order valence-corrected chi connectivity index (χ1v) is 7.82. The van der Waals surface area contributed by atoms with Crippen molar-refractivity contribution in [1.82, 2.24) is 4.98 Å². The molecule has 7 heteroatoms. The summed E-state index contributed by atoms with van der Waals surface area (Å²) in [6, 6.07) is 8.17. The van der Waals surface area contributed by atoms with Crippen LogP contribution >= 0.6 is 0 Å². The van der Waals surface area contributed by atoms with E-state index < -0.39 is 5.97 Å². The van der Waals surface area contributed by atoms with Crippen molar-refractivity contribution in [1.29, 1.82) is 0 Å². The van der Waals surface area contributed by atoms with Gasteiger partial charge in [0.25, 0.3) is 0 Å². The number of benzene rings is 1. The van der Waals surface area contributed by atoms with Gasteiger partial charge in [-0.05, 0) is 35.6 Å². The lowest BCUT2D eigenvalue weighted by Gasteiger charge is -2.09. The maximum absolute atomic E-state index is 11.8. The van der Waals surface area contributed by atoms with E-state index in [2.05, 4.69) is 4.98 Å². The van der Waals surface area contributed by atoms with Crippen LogP contribution in [0.1, 0.15) is 35.7 Å². The molecule has 24 heavy (non-hydrogen) atoms. The van der Waals surface area contributed by atoms with Gasteiger partial charge in [0, 0.05) is 12.3 Å². The second-order valence-electron chi connectivity index (χ2n) is 5.22. The third-order valence-corrected chi connectivity index (χ3v) is 3.44. The number of pyridine rings is 1. The zero-order valence-electron chi connectivity index (χ0n) is 13.6. The number of rotatable bonds is 8. The van der Waals surface area contributed by atoms with Gasteiger partial charge >= 0.3 is 13.5 Å².